The predicted molar refractivity (Wildman–Crippen MR) is 49.8 cm³/mol. The van der Waals surface area contributed by atoms with Crippen LogP contribution in [0.2, 0.25) is 0 Å². The molecular formula is C7H11N2O6P. The number of nitriles is 1. The van der Waals surface area contributed by atoms with Crippen LogP contribution in [0.25, 0.3) is 0 Å². The molecule has 1 heterocycles. The SMILES string of the molecule is COOP(=O)(CC(=O)N1CC1C#N)OOC. The van der Waals surface area contributed by atoms with Crippen molar-refractivity contribution in [2.45, 2.75) is 6.04 Å². The van der Waals surface area contributed by atoms with Crippen molar-refractivity contribution in [1.82, 2.24) is 4.90 Å². The Kier molecular flexibility index (Phi) is 4.41. The lowest BCUT2D eigenvalue weighted by atomic mass is 10.5. The van der Waals surface area contributed by atoms with Crippen molar-refractivity contribution in [2.24, 2.45) is 0 Å². The van der Waals surface area contributed by atoms with Crippen LogP contribution < -0.4 is 0 Å². The number of amides is 1. The summed E-state index contributed by atoms with van der Waals surface area (Å²) in [7, 11) is -1.51. The molecule has 0 aromatic carbocycles. The fourth-order valence-electron chi connectivity index (χ4n) is 1.07. The molecule has 0 spiro atoms. The number of nitrogens with zero attached hydrogens (tertiary/aromatic N) is 2. The first-order valence-electron chi connectivity index (χ1n) is 4.29. The van der Waals surface area contributed by atoms with E-state index in [1.807, 2.05) is 6.07 Å². The molecule has 1 aliphatic rings. The molecular weight excluding hydrogens is 239 g/mol. The zero-order valence-corrected chi connectivity index (χ0v) is 9.68. The van der Waals surface area contributed by atoms with Crippen molar-refractivity contribution in [1.29, 1.82) is 5.26 Å². The summed E-state index contributed by atoms with van der Waals surface area (Å²) in [5.74, 6) is -0.510. The summed E-state index contributed by atoms with van der Waals surface area (Å²) in [6.45, 7) is 0.329. The van der Waals surface area contributed by atoms with Gasteiger partial charge in [-0.05, 0) is 0 Å². The van der Waals surface area contributed by atoms with Gasteiger partial charge in [0.15, 0.2) is 0 Å². The lowest BCUT2D eigenvalue weighted by Gasteiger charge is -2.13. The van der Waals surface area contributed by atoms with E-state index in [4.69, 9.17) is 5.26 Å². The molecule has 1 atom stereocenters. The van der Waals surface area contributed by atoms with Crippen molar-refractivity contribution in [3.63, 3.8) is 0 Å². The van der Waals surface area contributed by atoms with Gasteiger partial charge in [0.05, 0.1) is 26.8 Å². The first-order valence-corrected chi connectivity index (χ1v) is 6.02. The van der Waals surface area contributed by atoms with Crippen molar-refractivity contribution in [3.8, 4) is 6.07 Å². The van der Waals surface area contributed by atoms with E-state index < -0.39 is 25.7 Å². The van der Waals surface area contributed by atoms with E-state index >= 15 is 0 Å². The molecule has 1 unspecified atom stereocenters. The highest BCUT2D eigenvalue weighted by atomic mass is 31.2. The third-order valence-electron chi connectivity index (χ3n) is 1.79. The lowest BCUT2D eigenvalue weighted by Crippen LogP contribution is -2.19. The summed E-state index contributed by atoms with van der Waals surface area (Å²) in [5.41, 5.74) is 0. The zero-order valence-electron chi connectivity index (χ0n) is 8.78. The molecule has 1 amide bonds. The second kappa shape index (κ2) is 5.39. The van der Waals surface area contributed by atoms with Crippen LogP contribution >= 0.6 is 7.60 Å². The minimum atomic E-state index is -3.77. The largest absolute Gasteiger partial charge is 0.393 e. The highest BCUT2D eigenvalue weighted by Gasteiger charge is 2.43. The van der Waals surface area contributed by atoms with E-state index in [9.17, 15) is 9.36 Å². The van der Waals surface area contributed by atoms with E-state index in [-0.39, 0.29) is 0 Å². The van der Waals surface area contributed by atoms with Crippen LogP contribution in [0, 0.1) is 11.3 Å². The Hall–Kier alpha value is -0.970. The molecule has 1 saturated heterocycles. The number of carbonyl (C=O) groups is 1. The molecule has 0 bridgehead atoms. The van der Waals surface area contributed by atoms with Gasteiger partial charge in [-0.25, -0.2) is 9.78 Å². The molecule has 0 aromatic rings. The van der Waals surface area contributed by atoms with E-state index in [0.717, 1.165) is 14.2 Å². The number of hydrogen-bond donors (Lipinski definition) is 0. The second-order valence-corrected chi connectivity index (χ2v) is 4.78. The third-order valence-corrected chi connectivity index (χ3v) is 3.20. The highest BCUT2D eigenvalue weighted by molar-refractivity contribution is 7.54. The maximum Gasteiger partial charge on any atom is 0.393 e. The fourth-order valence-corrected chi connectivity index (χ4v) is 2.17. The molecule has 0 radical (unpaired) electrons. The lowest BCUT2D eigenvalue weighted by molar-refractivity contribution is -0.242. The van der Waals surface area contributed by atoms with Crippen LogP contribution in [-0.4, -0.2) is 43.8 Å². The zero-order chi connectivity index (χ0) is 12.2. The van der Waals surface area contributed by atoms with Crippen molar-refractivity contribution < 1.29 is 28.5 Å². The van der Waals surface area contributed by atoms with E-state index in [2.05, 4.69) is 19.1 Å². The Labute approximate surface area is 92.0 Å². The standard InChI is InChI=1S/C7H11N2O6P/c1-12-14-16(11,15-13-2)5-7(10)9-4-6(9)3-8/h6H,4-5H2,1-2H3. The predicted octanol–water partition coefficient (Wildman–Crippen LogP) is 0.0699. The summed E-state index contributed by atoms with van der Waals surface area (Å²) in [4.78, 5) is 21.1. The van der Waals surface area contributed by atoms with Gasteiger partial charge in [-0.3, -0.25) is 9.36 Å². The molecule has 0 aliphatic carbocycles. The van der Waals surface area contributed by atoms with Crippen LogP contribution in [0.4, 0.5) is 0 Å². The first-order chi connectivity index (χ1) is 7.56. The molecule has 0 N–H and O–H groups in total. The molecule has 9 heteroatoms. The van der Waals surface area contributed by atoms with Gasteiger partial charge in [0.2, 0.25) is 5.91 Å². The average molecular weight is 250 g/mol. The van der Waals surface area contributed by atoms with E-state index in [1.54, 1.807) is 0 Å². The Morgan fingerprint density at radius 3 is 2.44 bits per heavy atom. The third kappa shape index (κ3) is 3.27. The Morgan fingerprint density at radius 2 is 2.06 bits per heavy atom. The number of hydrogen-bond acceptors (Lipinski definition) is 7. The number of carbonyl (C=O) groups excluding carboxylic acids is 1. The minimum Gasteiger partial charge on any atom is -0.321 e. The van der Waals surface area contributed by atoms with Gasteiger partial charge in [-0.15, -0.1) is 9.35 Å². The van der Waals surface area contributed by atoms with Crippen LogP contribution in [0.15, 0.2) is 0 Å². The topological polar surface area (TPSA) is 97.9 Å². The summed E-state index contributed by atoms with van der Waals surface area (Å²) < 4.78 is 20.5. The van der Waals surface area contributed by atoms with Crippen LogP contribution in [-0.2, 0) is 28.5 Å². The summed E-state index contributed by atoms with van der Waals surface area (Å²) in [5, 5.41) is 8.51. The highest BCUT2D eigenvalue weighted by Crippen LogP contribution is 2.48. The second-order valence-electron chi connectivity index (χ2n) is 2.94. The van der Waals surface area contributed by atoms with Gasteiger partial charge in [0.25, 0.3) is 0 Å². The van der Waals surface area contributed by atoms with Gasteiger partial charge >= 0.3 is 7.60 Å². The van der Waals surface area contributed by atoms with Gasteiger partial charge in [-0.1, -0.05) is 0 Å². The van der Waals surface area contributed by atoms with Gasteiger partial charge in [-0.2, -0.15) is 5.26 Å². The van der Waals surface area contributed by atoms with Gasteiger partial charge in [0.1, 0.15) is 12.2 Å². The Balaban J connectivity index is 2.53. The molecule has 16 heavy (non-hydrogen) atoms. The Morgan fingerprint density at radius 1 is 1.50 bits per heavy atom. The summed E-state index contributed by atoms with van der Waals surface area (Å²) in [6, 6.07) is 1.44. The molecule has 8 nitrogen and oxygen atoms in total. The maximum atomic E-state index is 11.7. The molecule has 1 rings (SSSR count). The van der Waals surface area contributed by atoms with E-state index in [1.165, 1.54) is 4.90 Å². The summed E-state index contributed by atoms with van der Waals surface area (Å²) in [6.07, 6.45) is -0.535. The average Bonchev–Trinajstić information content (AvgIpc) is 2.96. The number of rotatable bonds is 6. The maximum absolute atomic E-state index is 11.7. The van der Waals surface area contributed by atoms with E-state index in [0.29, 0.717) is 6.54 Å². The Bertz CT molecular complexity index is 343. The van der Waals surface area contributed by atoms with Crippen molar-refractivity contribution in [2.75, 3.05) is 26.9 Å². The van der Waals surface area contributed by atoms with Crippen molar-refractivity contribution >= 4 is 13.5 Å². The van der Waals surface area contributed by atoms with Crippen LogP contribution in [0.5, 0.6) is 0 Å². The van der Waals surface area contributed by atoms with Crippen LogP contribution in [0.1, 0.15) is 0 Å². The molecule has 1 fully saturated rings. The molecule has 1 aliphatic heterocycles. The normalized spacial score (nSPS) is 19.3. The molecule has 0 saturated carbocycles. The minimum absolute atomic E-state index is 0.329. The van der Waals surface area contributed by atoms with Crippen LogP contribution in [0.3, 0.4) is 0 Å². The monoisotopic (exact) mass is 250 g/mol. The first kappa shape index (κ1) is 13.1. The van der Waals surface area contributed by atoms with Gasteiger partial charge < -0.3 is 4.90 Å². The molecule has 90 valence electrons. The van der Waals surface area contributed by atoms with Crippen molar-refractivity contribution in [3.05, 3.63) is 0 Å². The quantitative estimate of drug-likeness (QED) is 0.284. The smallest absolute Gasteiger partial charge is 0.321 e. The fraction of sp³-hybridized carbons (Fsp3) is 0.714. The van der Waals surface area contributed by atoms with Gasteiger partial charge in [0, 0.05) is 0 Å². The summed E-state index contributed by atoms with van der Waals surface area (Å²) >= 11 is 0. The molecule has 0 aromatic heterocycles.